The molecule has 2 aromatic carbocycles. The van der Waals surface area contributed by atoms with Gasteiger partial charge in [-0.25, -0.2) is 13.8 Å². The zero-order chi connectivity index (χ0) is 20.4. The molecule has 0 radical (unpaired) electrons. The summed E-state index contributed by atoms with van der Waals surface area (Å²) < 4.78 is 20.3. The molecule has 144 valence electrons. The molecule has 0 aliphatic heterocycles. The second-order valence-corrected chi connectivity index (χ2v) is 6.30. The zero-order valence-electron chi connectivity index (χ0n) is 14.7. The van der Waals surface area contributed by atoms with E-state index >= 15 is 0 Å². The van der Waals surface area contributed by atoms with E-state index in [-0.39, 0.29) is 22.8 Å². The van der Waals surface area contributed by atoms with Crippen molar-refractivity contribution in [3.63, 3.8) is 0 Å². The van der Waals surface area contributed by atoms with Crippen molar-refractivity contribution in [2.75, 3.05) is 7.11 Å². The summed E-state index contributed by atoms with van der Waals surface area (Å²) in [6.07, 6.45) is 1.07. The Kier molecular flexibility index (Phi) is 5.32. The van der Waals surface area contributed by atoms with Crippen molar-refractivity contribution in [3.8, 4) is 11.4 Å². The summed E-state index contributed by atoms with van der Waals surface area (Å²) in [6, 6.07) is 9.94. The van der Waals surface area contributed by atoms with Gasteiger partial charge < -0.3 is 10.5 Å². The molecule has 9 heteroatoms. The Morgan fingerprint density at radius 1 is 1.21 bits per heavy atom. The van der Waals surface area contributed by atoms with Crippen molar-refractivity contribution < 1.29 is 13.9 Å². The first kappa shape index (κ1) is 19.4. The number of hydrogen-bond donors (Lipinski definition) is 1. The average Bonchev–Trinajstić information content (AvgIpc) is 2.66. The summed E-state index contributed by atoms with van der Waals surface area (Å²) in [7, 11) is 1.44. The summed E-state index contributed by atoms with van der Waals surface area (Å²) in [5.41, 5.74) is 4.00. The Bertz CT molecular complexity index is 1190. The van der Waals surface area contributed by atoms with E-state index < -0.39 is 23.0 Å². The number of amides is 1. The molecule has 0 aliphatic rings. The van der Waals surface area contributed by atoms with Gasteiger partial charge in [0.15, 0.2) is 0 Å². The highest BCUT2D eigenvalue weighted by Crippen LogP contribution is 2.18. The minimum Gasteiger partial charge on any atom is -0.497 e. The number of rotatable bonds is 5. The van der Waals surface area contributed by atoms with Crippen LogP contribution in [0, 0.1) is 5.82 Å². The molecule has 0 saturated heterocycles. The highest BCUT2D eigenvalue weighted by Gasteiger charge is 2.18. The van der Waals surface area contributed by atoms with Gasteiger partial charge in [-0.05, 0) is 29.8 Å². The van der Waals surface area contributed by atoms with Crippen LogP contribution in [0.25, 0.3) is 5.69 Å². The average molecular weight is 404 g/mol. The fourth-order valence-electron chi connectivity index (χ4n) is 2.70. The Morgan fingerprint density at radius 3 is 2.61 bits per heavy atom. The van der Waals surface area contributed by atoms with Gasteiger partial charge in [0.25, 0.3) is 11.5 Å². The van der Waals surface area contributed by atoms with E-state index in [2.05, 4.69) is 0 Å². The fourth-order valence-corrected chi connectivity index (χ4v) is 2.92. The van der Waals surface area contributed by atoms with Crippen LogP contribution < -0.4 is 21.7 Å². The number of halogens is 2. The molecule has 7 nitrogen and oxygen atoms in total. The van der Waals surface area contributed by atoms with Crippen molar-refractivity contribution in [2.45, 2.75) is 6.54 Å². The van der Waals surface area contributed by atoms with Gasteiger partial charge in [0.1, 0.15) is 17.1 Å². The predicted octanol–water partition coefficient (Wildman–Crippen LogP) is 1.95. The van der Waals surface area contributed by atoms with Crippen LogP contribution >= 0.6 is 11.6 Å². The van der Waals surface area contributed by atoms with Crippen molar-refractivity contribution in [2.24, 2.45) is 5.73 Å². The molecule has 0 atom stereocenters. The molecule has 0 bridgehead atoms. The molecule has 0 aliphatic carbocycles. The monoisotopic (exact) mass is 403 g/mol. The number of aromatic nitrogens is 2. The molecular weight excluding hydrogens is 389 g/mol. The number of primary amides is 1. The van der Waals surface area contributed by atoms with E-state index in [1.54, 1.807) is 12.1 Å². The van der Waals surface area contributed by atoms with Gasteiger partial charge in [-0.15, -0.1) is 0 Å². The lowest BCUT2D eigenvalue weighted by Gasteiger charge is -2.13. The van der Waals surface area contributed by atoms with Gasteiger partial charge in [0.2, 0.25) is 0 Å². The summed E-state index contributed by atoms with van der Waals surface area (Å²) in [6.45, 7) is -0.0948. The first-order chi connectivity index (χ1) is 13.3. The highest BCUT2D eigenvalue weighted by atomic mass is 35.5. The lowest BCUT2D eigenvalue weighted by Crippen LogP contribution is -2.42. The number of methoxy groups -OCH3 is 1. The normalized spacial score (nSPS) is 10.7. The second-order valence-electron chi connectivity index (χ2n) is 5.90. The van der Waals surface area contributed by atoms with E-state index in [0.29, 0.717) is 11.3 Å². The van der Waals surface area contributed by atoms with Gasteiger partial charge in [-0.1, -0.05) is 23.7 Å². The molecule has 1 heterocycles. The Morgan fingerprint density at radius 2 is 1.96 bits per heavy atom. The van der Waals surface area contributed by atoms with Crippen molar-refractivity contribution >= 4 is 17.5 Å². The third-order valence-electron chi connectivity index (χ3n) is 4.09. The minimum absolute atomic E-state index is 0.0948. The maximum atomic E-state index is 13.3. The molecule has 2 N–H and O–H groups in total. The largest absolute Gasteiger partial charge is 0.497 e. The SMILES string of the molecule is COc1cccc(-n2c(=O)c(C(N)=O)cn(Cc3ccc(F)cc3Cl)c2=O)c1. The lowest BCUT2D eigenvalue weighted by molar-refractivity contribution is 0.0997. The molecular formula is C19H15ClFN3O4. The van der Waals surface area contributed by atoms with Crippen LogP contribution in [0.1, 0.15) is 15.9 Å². The van der Waals surface area contributed by atoms with E-state index in [4.69, 9.17) is 22.1 Å². The van der Waals surface area contributed by atoms with Crippen LogP contribution in [0.15, 0.2) is 58.3 Å². The van der Waals surface area contributed by atoms with Crippen molar-refractivity contribution in [3.05, 3.63) is 91.5 Å². The number of carbonyl (C=O) groups is 1. The number of ether oxygens (including phenoxy) is 1. The van der Waals surface area contributed by atoms with E-state index in [0.717, 1.165) is 21.4 Å². The van der Waals surface area contributed by atoms with Crippen LogP contribution in [-0.2, 0) is 6.54 Å². The number of nitrogens with two attached hydrogens (primary N) is 1. The van der Waals surface area contributed by atoms with Crippen LogP contribution in [0.2, 0.25) is 5.02 Å². The topological polar surface area (TPSA) is 96.3 Å². The van der Waals surface area contributed by atoms with Crippen molar-refractivity contribution in [1.82, 2.24) is 9.13 Å². The molecule has 1 aromatic heterocycles. The Hall–Kier alpha value is -3.39. The quantitative estimate of drug-likeness (QED) is 0.704. The Balaban J connectivity index is 2.24. The minimum atomic E-state index is -0.986. The molecule has 0 spiro atoms. The molecule has 3 aromatic rings. The third kappa shape index (κ3) is 3.67. The molecule has 0 saturated carbocycles. The molecule has 0 unspecified atom stereocenters. The lowest BCUT2D eigenvalue weighted by atomic mass is 10.2. The van der Waals surface area contributed by atoms with E-state index in [1.807, 2.05) is 0 Å². The summed E-state index contributed by atoms with van der Waals surface area (Å²) >= 11 is 6.03. The van der Waals surface area contributed by atoms with Crippen LogP contribution in [0.4, 0.5) is 4.39 Å². The second kappa shape index (κ2) is 7.69. The number of hydrogen-bond acceptors (Lipinski definition) is 4. The first-order valence-electron chi connectivity index (χ1n) is 8.06. The number of carbonyl (C=O) groups excluding carboxylic acids is 1. The van der Waals surface area contributed by atoms with E-state index in [1.165, 1.54) is 31.4 Å². The fraction of sp³-hybridized carbons (Fsp3) is 0.105. The molecule has 28 heavy (non-hydrogen) atoms. The summed E-state index contributed by atoms with van der Waals surface area (Å²) in [4.78, 5) is 37.4. The molecule has 0 fully saturated rings. The Labute approximate surface area is 163 Å². The maximum Gasteiger partial charge on any atom is 0.335 e. The number of nitrogens with zero attached hydrogens (tertiary/aromatic N) is 2. The van der Waals surface area contributed by atoms with Gasteiger partial charge >= 0.3 is 5.69 Å². The first-order valence-corrected chi connectivity index (χ1v) is 8.44. The summed E-state index contributed by atoms with van der Waals surface area (Å²) in [5.74, 6) is -1.10. The smallest absolute Gasteiger partial charge is 0.335 e. The maximum absolute atomic E-state index is 13.3. The highest BCUT2D eigenvalue weighted by molar-refractivity contribution is 6.31. The van der Waals surface area contributed by atoms with Gasteiger partial charge in [0, 0.05) is 17.3 Å². The standard InChI is InChI=1S/C19H15ClFN3O4/c1-28-14-4-2-3-13(8-14)24-18(26)15(17(22)25)10-23(19(24)27)9-11-5-6-12(21)7-16(11)20/h2-8,10H,9H2,1H3,(H2,22,25). The third-order valence-corrected chi connectivity index (χ3v) is 4.44. The molecule has 1 amide bonds. The van der Waals surface area contributed by atoms with Crippen LogP contribution in [0.5, 0.6) is 5.75 Å². The summed E-state index contributed by atoms with van der Waals surface area (Å²) in [5, 5.41) is 0.103. The zero-order valence-corrected chi connectivity index (χ0v) is 15.4. The van der Waals surface area contributed by atoms with Crippen LogP contribution in [-0.4, -0.2) is 22.2 Å². The van der Waals surface area contributed by atoms with Crippen LogP contribution in [0.3, 0.4) is 0 Å². The number of benzene rings is 2. The van der Waals surface area contributed by atoms with Gasteiger partial charge in [-0.3, -0.25) is 14.2 Å². The van der Waals surface area contributed by atoms with Crippen molar-refractivity contribution in [1.29, 1.82) is 0 Å². The van der Waals surface area contributed by atoms with E-state index in [9.17, 15) is 18.8 Å². The predicted molar refractivity (Wildman–Crippen MR) is 102 cm³/mol. The molecule has 3 rings (SSSR count). The van der Waals surface area contributed by atoms with Gasteiger partial charge in [0.05, 0.1) is 19.3 Å². The van der Waals surface area contributed by atoms with Gasteiger partial charge in [-0.2, -0.15) is 0 Å².